The van der Waals surface area contributed by atoms with E-state index in [0.29, 0.717) is 17.2 Å². The molecule has 1 aliphatic rings. The van der Waals surface area contributed by atoms with Crippen molar-refractivity contribution in [2.75, 3.05) is 6.61 Å². The molecule has 4 rings (SSSR count). The van der Waals surface area contributed by atoms with Gasteiger partial charge in [0.05, 0.1) is 6.10 Å². The van der Waals surface area contributed by atoms with Crippen LogP contribution in [0.1, 0.15) is 44.0 Å². The number of hydrogen-bond acceptors (Lipinski definition) is 3. The highest BCUT2D eigenvalue weighted by atomic mass is 35.5. The zero-order valence-electron chi connectivity index (χ0n) is 20.0. The number of carbonyl (C=O) groups excluding carboxylic acids is 1. The highest BCUT2D eigenvalue weighted by Crippen LogP contribution is 2.38. The van der Waals surface area contributed by atoms with Crippen LogP contribution in [0, 0.1) is 0 Å². The predicted molar refractivity (Wildman–Crippen MR) is 140 cm³/mol. The quantitative estimate of drug-likeness (QED) is 0.483. The number of nitrogens with one attached hydrogen (secondary N) is 1. The molecule has 4 nitrogen and oxygen atoms in total. The van der Waals surface area contributed by atoms with E-state index in [1.54, 1.807) is 24.3 Å². The van der Waals surface area contributed by atoms with Crippen molar-refractivity contribution in [1.29, 1.82) is 0 Å². The van der Waals surface area contributed by atoms with Crippen molar-refractivity contribution < 1.29 is 14.0 Å². The van der Waals surface area contributed by atoms with Crippen molar-refractivity contribution in [2.24, 2.45) is 0 Å². The van der Waals surface area contributed by atoms with Gasteiger partial charge < -0.3 is 14.5 Å². The summed E-state index contributed by atoms with van der Waals surface area (Å²) in [6.45, 7) is 7.34. The zero-order chi connectivity index (χ0) is 24.2. The van der Waals surface area contributed by atoms with Crippen molar-refractivity contribution in [3.05, 3.63) is 95.5 Å². The average molecular weight is 494 g/mol. The summed E-state index contributed by atoms with van der Waals surface area (Å²) >= 11 is 6.10. The number of rotatable bonds is 6. The normalized spacial score (nSPS) is 18.9. The molecule has 3 aromatic carbocycles. The molecule has 6 heteroatoms. The van der Waals surface area contributed by atoms with Crippen LogP contribution in [0.5, 0.6) is 0 Å². The van der Waals surface area contributed by atoms with E-state index >= 15 is 0 Å². The summed E-state index contributed by atoms with van der Waals surface area (Å²) in [5.41, 5.74) is 0.505. The van der Waals surface area contributed by atoms with E-state index in [1.165, 1.54) is 10.4 Å². The Morgan fingerprint density at radius 2 is 1.59 bits per heavy atom. The standard InChI is InChI=1S/C28H32ClNO3Si/c1-28(2,3)34(23-14-6-4-7-15-23,24-16-8-5-9-17-24)33-25-18-11-19-32-27(25)30-26(31)21-12-10-13-22(29)20-21/h4-10,12-17,20,25,27H,11,18-19H2,1-3H3,(H,30,31)/t25-,27-/m0/s1. The summed E-state index contributed by atoms with van der Waals surface area (Å²) in [6, 6.07) is 28.0. The minimum atomic E-state index is -2.77. The number of hydrogen-bond donors (Lipinski definition) is 1. The fourth-order valence-electron chi connectivity index (χ4n) is 4.77. The van der Waals surface area contributed by atoms with Gasteiger partial charge in [-0.2, -0.15) is 0 Å². The van der Waals surface area contributed by atoms with Crippen LogP contribution in [-0.2, 0) is 9.16 Å². The SMILES string of the molecule is CC(C)(C)[Si](O[C@H]1CCCO[C@@H]1NC(=O)c1cccc(Cl)c1)(c1ccccc1)c1ccccc1. The lowest BCUT2D eigenvalue weighted by Gasteiger charge is -2.47. The third kappa shape index (κ3) is 5.13. The lowest BCUT2D eigenvalue weighted by atomic mass is 10.1. The molecular formula is C28H32ClNO3Si. The molecule has 0 unspecified atom stereocenters. The Labute approximate surface area is 208 Å². The van der Waals surface area contributed by atoms with Gasteiger partial charge in [0.15, 0.2) is 6.23 Å². The molecule has 1 saturated heterocycles. The van der Waals surface area contributed by atoms with Gasteiger partial charge in [-0.15, -0.1) is 0 Å². The summed E-state index contributed by atoms with van der Waals surface area (Å²) in [4.78, 5) is 13.0. The Balaban J connectivity index is 1.71. The van der Waals surface area contributed by atoms with E-state index in [1.807, 2.05) is 12.1 Å². The number of carbonyl (C=O) groups is 1. The third-order valence-electron chi connectivity index (χ3n) is 6.37. The van der Waals surface area contributed by atoms with Gasteiger partial charge in [0, 0.05) is 17.2 Å². The number of benzene rings is 3. The van der Waals surface area contributed by atoms with Crippen LogP contribution in [0.25, 0.3) is 0 Å². The molecule has 1 fully saturated rings. The molecule has 2 atom stereocenters. The van der Waals surface area contributed by atoms with Gasteiger partial charge in [-0.3, -0.25) is 4.79 Å². The van der Waals surface area contributed by atoms with Crippen molar-refractivity contribution in [3.63, 3.8) is 0 Å². The Morgan fingerprint density at radius 3 is 2.15 bits per heavy atom. The highest BCUT2D eigenvalue weighted by molar-refractivity contribution is 6.99. The first-order valence-corrected chi connectivity index (χ1v) is 14.1. The number of amides is 1. The fraction of sp³-hybridized carbons (Fsp3) is 0.321. The first kappa shape index (κ1) is 24.7. The Bertz CT molecular complexity index is 1060. The van der Waals surface area contributed by atoms with Crippen LogP contribution < -0.4 is 15.7 Å². The molecule has 1 N–H and O–H groups in total. The first-order valence-electron chi connectivity index (χ1n) is 11.8. The van der Waals surface area contributed by atoms with Crippen LogP contribution in [0.2, 0.25) is 10.1 Å². The molecule has 34 heavy (non-hydrogen) atoms. The predicted octanol–water partition coefficient (Wildman–Crippen LogP) is 5.15. The van der Waals surface area contributed by atoms with Gasteiger partial charge in [0.1, 0.15) is 0 Å². The topological polar surface area (TPSA) is 47.6 Å². The molecule has 178 valence electrons. The van der Waals surface area contributed by atoms with E-state index in [4.69, 9.17) is 20.8 Å². The van der Waals surface area contributed by atoms with Gasteiger partial charge in [-0.1, -0.05) is 99.1 Å². The van der Waals surface area contributed by atoms with Crippen LogP contribution in [0.3, 0.4) is 0 Å². The second kappa shape index (κ2) is 10.4. The lowest BCUT2D eigenvalue weighted by Crippen LogP contribution is -2.69. The van der Waals surface area contributed by atoms with Crippen LogP contribution in [0.4, 0.5) is 0 Å². The maximum atomic E-state index is 13.0. The average Bonchev–Trinajstić information content (AvgIpc) is 2.84. The minimum absolute atomic E-state index is 0.158. The minimum Gasteiger partial charge on any atom is -0.400 e. The molecule has 1 aliphatic heterocycles. The summed E-state index contributed by atoms with van der Waals surface area (Å²) in [5, 5.41) is 5.85. The molecule has 0 radical (unpaired) electrons. The Morgan fingerprint density at radius 1 is 0.971 bits per heavy atom. The van der Waals surface area contributed by atoms with Crippen molar-refractivity contribution in [2.45, 2.75) is 51.0 Å². The van der Waals surface area contributed by atoms with Gasteiger partial charge >= 0.3 is 0 Å². The Hall–Kier alpha value is -2.44. The van der Waals surface area contributed by atoms with Crippen molar-refractivity contribution >= 4 is 36.2 Å². The molecule has 0 aromatic heterocycles. The molecule has 0 bridgehead atoms. The second-order valence-corrected chi connectivity index (χ2v) is 14.4. The number of halogens is 1. The first-order chi connectivity index (χ1) is 16.3. The van der Waals surface area contributed by atoms with E-state index in [-0.39, 0.29) is 17.0 Å². The second-order valence-electron chi connectivity index (χ2n) is 9.74. The summed E-state index contributed by atoms with van der Waals surface area (Å²) in [5.74, 6) is -0.217. The third-order valence-corrected chi connectivity index (χ3v) is 11.7. The summed E-state index contributed by atoms with van der Waals surface area (Å²) in [6.07, 6.45) is 0.877. The number of ether oxygens (including phenoxy) is 1. The largest absolute Gasteiger partial charge is 0.400 e. The van der Waals surface area contributed by atoms with Crippen LogP contribution in [-0.4, -0.2) is 33.2 Å². The molecule has 1 heterocycles. The van der Waals surface area contributed by atoms with E-state index in [0.717, 1.165) is 12.8 Å². The van der Waals surface area contributed by atoms with E-state index in [2.05, 4.69) is 74.6 Å². The van der Waals surface area contributed by atoms with Gasteiger partial charge in [0.2, 0.25) is 0 Å². The van der Waals surface area contributed by atoms with E-state index < -0.39 is 14.5 Å². The summed E-state index contributed by atoms with van der Waals surface area (Å²) in [7, 11) is -2.77. The molecule has 0 spiro atoms. The molecule has 1 amide bonds. The molecule has 3 aromatic rings. The summed E-state index contributed by atoms with van der Waals surface area (Å²) < 4.78 is 13.3. The smallest absolute Gasteiger partial charge is 0.261 e. The zero-order valence-corrected chi connectivity index (χ0v) is 21.7. The molecule has 0 aliphatic carbocycles. The van der Waals surface area contributed by atoms with Gasteiger partial charge in [-0.25, -0.2) is 0 Å². The Kier molecular flexibility index (Phi) is 7.58. The van der Waals surface area contributed by atoms with Crippen molar-refractivity contribution in [1.82, 2.24) is 5.32 Å². The molecular weight excluding hydrogens is 462 g/mol. The monoisotopic (exact) mass is 493 g/mol. The van der Waals surface area contributed by atoms with Crippen LogP contribution in [0.15, 0.2) is 84.9 Å². The molecule has 0 saturated carbocycles. The lowest BCUT2D eigenvalue weighted by molar-refractivity contribution is -0.0776. The fourth-order valence-corrected chi connectivity index (χ4v) is 9.67. The van der Waals surface area contributed by atoms with E-state index in [9.17, 15) is 4.79 Å². The maximum Gasteiger partial charge on any atom is 0.261 e. The van der Waals surface area contributed by atoms with Gasteiger partial charge in [0.25, 0.3) is 14.2 Å². The van der Waals surface area contributed by atoms with Crippen molar-refractivity contribution in [3.8, 4) is 0 Å². The maximum absolute atomic E-state index is 13.0. The van der Waals surface area contributed by atoms with Gasteiger partial charge in [-0.05, 0) is 46.5 Å². The van der Waals surface area contributed by atoms with Crippen LogP contribution >= 0.6 is 11.6 Å². The highest BCUT2D eigenvalue weighted by Gasteiger charge is 2.52.